The van der Waals surface area contributed by atoms with Crippen LogP contribution in [-0.4, -0.2) is 39.2 Å². The van der Waals surface area contributed by atoms with Crippen molar-refractivity contribution in [3.05, 3.63) is 0 Å². The minimum atomic E-state index is -1.06. The van der Waals surface area contributed by atoms with Crippen molar-refractivity contribution in [2.45, 2.75) is 24.6 Å². The van der Waals surface area contributed by atoms with Crippen LogP contribution in [0.3, 0.4) is 0 Å². The summed E-state index contributed by atoms with van der Waals surface area (Å²) in [7, 11) is 0. The molecule has 0 aliphatic rings. The van der Waals surface area contributed by atoms with E-state index >= 15 is 0 Å². The zero-order valence-corrected chi connectivity index (χ0v) is 8.08. The van der Waals surface area contributed by atoms with Crippen molar-refractivity contribution in [1.82, 2.24) is 0 Å². The van der Waals surface area contributed by atoms with Gasteiger partial charge in [-0.2, -0.15) is 11.8 Å². The van der Waals surface area contributed by atoms with Gasteiger partial charge in [-0.15, -0.1) is 0 Å². The molecular weight excluding hydrogens is 194 g/mol. The number of hydrogen-bond acceptors (Lipinski definition) is 4. The Kier molecular flexibility index (Phi) is 5.48. The van der Waals surface area contributed by atoms with Gasteiger partial charge in [-0.1, -0.05) is 6.92 Å². The molecule has 0 spiro atoms. The van der Waals surface area contributed by atoms with Crippen molar-refractivity contribution >= 4 is 23.7 Å². The van der Waals surface area contributed by atoms with Crippen molar-refractivity contribution in [2.24, 2.45) is 5.73 Å². The van der Waals surface area contributed by atoms with E-state index in [2.05, 4.69) is 0 Å². The maximum absolute atomic E-state index is 10.3. The van der Waals surface area contributed by atoms with E-state index in [-0.39, 0.29) is 17.4 Å². The Balaban J connectivity index is 3.63. The summed E-state index contributed by atoms with van der Waals surface area (Å²) in [4.78, 5) is 20.5. The molecule has 0 rings (SSSR count). The molecule has 0 bridgehead atoms. The third kappa shape index (κ3) is 6.41. The highest BCUT2D eigenvalue weighted by molar-refractivity contribution is 7.99. The molecule has 2 atom stereocenters. The Morgan fingerprint density at radius 3 is 2.38 bits per heavy atom. The van der Waals surface area contributed by atoms with Gasteiger partial charge in [-0.3, -0.25) is 9.59 Å². The van der Waals surface area contributed by atoms with Crippen LogP contribution in [0.5, 0.6) is 0 Å². The summed E-state index contributed by atoms with van der Waals surface area (Å²) in [5.41, 5.74) is 5.23. The number of nitrogens with two attached hydrogens (primary N) is 1. The van der Waals surface area contributed by atoms with Gasteiger partial charge in [-0.25, -0.2) is 0 Å². The molecule has 0 aliphatic heterocycles. The first-order chi connectivity index (χ1) is 5.93. The van der Waals surface area contributed by atoms with Crippen LogP contribution in [0.2, 0.25) is 0 Å². The maximum Gasteiger partial charge on any atom is 0.321 e. The molecular formula is C7H13NO4S. The fourth-order valence-corrected chi connectivity index (χ4v) is 1.58. The first-order valence-corrected chi connectivity index (χ1v) is 4.80. The van der Waals surface area contributed by atoms with Crippen LogP contribution in [0.4, 0.5) is 0 Å². The second kappa shape index (κ2) is 5.82. The quantitative estimate of drug-likeness (QED) is 0.566. The lowest BCUT2D eigenvalue weighted by atomic mass is 10.3. The van der Waals surface area contributed by atoms with Crippen molar-refractivity contribution in [3.8, 4) is 0 Å². The van der Waals surface area contributed by atoms with E-state index in [1.807, 2.05) is 0 Å². The molecule has 0 fully saturated rings. The van der Waals surface area contributed by atoms with E-state index in [0.717, 1.165) is 0 Å². The van der Waals surface area contributed by atoms with Gasteiger partial charge >= 0.3 is 11.9 Å². The number of carboxylic acids is 2. The minimum Gasteiger partial charge on any atom is -0.481 e. The minimum absolute atomic E-state index is 0.0248. The standard InChI is InChI=1S/C7H13NO4S/c1-4(2-6(9)10)13-3-5(8)7(11)12/h4-5H,2-3,8H2,1H3,(H,9,10)(H,11,12)/t4-,5-/m0/s1. The van der Waals surface area contributed by atoms with E-state index in [0.29, 0.717) is 0 Å². The average Bonchev–Trinajstić information content (AvgIpc) is 1.98. The summed E-state index contributed by atoms with van der Waals surface area (Å²) in [5.74, 6) is -1.71. The molecule has 76 valence electrons. The number of carbonyl (C=O) groups is 2. The summed E-state index contributed by atoms with van der Waals surface area (Å²) in [6, 6.07) is -0.916. The third-order valence-electron chi connectivity index (χ3n) is 1.34. The predicted octanol–water partition coefficient (Wildman–Crippen LogP) is -0.00530. The summed E-state index contributed by atoms with van der Waals surface area (Å²) in [5, 5.41) is 16.7. The Morgan fingerprint density at radius 1 is 1.46 bits per heavy atom. The smallest absolute Gasteiger partial charge is 0.321 e. The van der Waals surface area contributed by atoms with Gasteiger partial charge in [0.15, 0.2) is 0 Å². The van der Waals surface area contributed by atoms with Gasteiger partial charge in [0.25, 0.3) is 0 Å². The topological polar surface area (TPSA) is 101 Å². The van der Waals surface area contributed by atoms with Gasteiger partial charge in [0.2, 0.25) is 0 Å². The Bertz CT molecular complexity index is 197. The summed E-state index contributed by atoms with van der Waals surface area (Å²) < 4.78 is 0. The number of hydrogen-bond donors (Lipinski definition) is 3. The number of aliphatic carboxylic acids is 2. The molecule has 4 N–H and O–H groups in total. The van der Waals surface area contributed by atoms with Gasteiger partial charge < -0.3 is 15.9 Å². The van der Waals surface area contributed by atoms with Crippen molar-refractivity contribution < 1.29 is 19.8 Å². The number of thioether (sulfide) groups is 1. The van der Waals surface area contributed by atoms with Crippen LogP contribution in [-0.2, 0) is 9.59 Å². The molecule has 5 nitrogen and oxygen atoms in total. The van der Waals surface area contributed by atoms with Crippen LogP contribution >= 0.6 is 11.8 Å². The molecule has 6 heteroatoms. The normalized spacial score (nSPS) is 14.9. The van der Waals surface area contributed by atoms with E-state index in [1.165, 1.54) is 11.8 Å². The first-order valence-electron chi connectivity index (χ1n) is 3.75. The van der Waals surface area contributed by atoms with Crippen LogP contribution in [0.25, 0.3) is 0 Å². The van der Waals surface area contributed by atoms with Crippen molar-refractivity contribution in [1.29, 1.82) is 0 Å². The lowest BCUT2D eigenvalue weighted by Crippen LogP contribution is -2.33. The van der Waals surface area contributed by atoms with Crippen LogP contribution < -0.4 is 5.73 Å². The SMILES string of the molecule is C[C@@H](CC(=O)O)SC[C@H](N)C(=O)O. The molecule has 0 radical (unpaired) electrons. The summed E-state index contributed by atoms with van der Waals surface area (Å²) in [6.07, 6.45) is 0.0248. The Hall–Kier alpha value is -0.750. The molecule has 0 unspecified atom stereocenters. The second-order valence-corrected chi connectivity index (χ2v) is 4.16. The average molecular weight is 207 g/mol. The van der Waals surface area contributed by atoms with Crippen LogP contribution in [0.1, 0.15) is 13.3 Å². The molecule has 0 aromatic rings. The fourth-order valence-electron chi connectivity index (χ4n) is 0.644. The third-order valence-corrected chi connectivity index (χ3v) is 2.63. The molecule has 0 aliphatic carbocycles. The molecule has 0 aromatic heterocycles. The highest BCUT2D eigenvalue weighted by Gasteiger charge is 2.14. The van der Waals surface area contributed by atoms with Gasteiger partial charge in [0, 0.05) is 11.0 Å². The lowest BCUT2D eigenvalue weighted by molar-refractivity contribution is -0.138. The molecule has 0 amide bonds. The second-order valence-electron chi connectivity index (χ2n) is 2.69. The van der Waals surface area contributed by atoms with Gasteiger partial charge in [0.1, 0.15) is 6.04 Å². The summed E-state index contributed by atoms with van der Waals surface area (Å²) >= 11 is 1.25. The monoisotopic (exact) mass is 207 g/mol. The van der Waals surface area contributed by atoms with Gasteiger partial charge in [0.05, 0.1) is 6.42 Å². The van der Waals surface area contributed by atoms with Crippen molar-refractivity contribution in [2.75, 3.05) is 5.75 Å². The zero-order chi connectivity index (χ0) is 10.4. The van der Waals surface area contributed by atoms with Crippen LogP contribution in [0, 0.1) is 0 Å². The highest BCUT2D eigenvalue weighted by Crippen LogP contribution is 2.14. The molecule has 0 saturated carbocycles. The zero-order valence-electron chi connectivity index (χ0n) is 7.27. The predicted molar refractivity (Wildman–Crippen MR) is 49.8 cm³/mol. The molecule has 0 aromatic carbocycles. The highest BCUT2D eigenvalue weighted by atomic mass is 32.2. The van der Waals surface area contributed by atoms with Gasteiger partial charge in [-0.05, 0) is 0 Å². The number of carboxylic acid groups (broad SMARTS) is 2. The Labute approximate surface area is 80.3 Å². The first kappa shape index (κ1) is 12.2. The maximum atomic E-state index is 10.3. The van der Waals surface area contributed by atoms with Crippen molar-refractivity contribution in [3.63, 3.8) is 0 Å². The van der Waals surface area contributed by atoms with E-state index in [1.54, 1.807) is 6.92 Å². The molecule has 0 heterocycles. The largest absolute Gasteiger partial charge is 0.481 e. The van der Waals surface area contributed by atoms with E-state index in [9.17, 15) is 9.59 Å². The summed E-state index contributed by atoms with van der Waals surface area (Å²) in [6.45, 7) is 1.73. The molecule has 13 heavy (non-hydrogen) atoms. The number of rotatable bonds is 6. The van der Waals surface area contributed by atoms with E-state index in [4.69, 9.17) is 15.9 Å². The fraction of sp³-hybridized carbons (Fsp3) is 0.714. The molecule has 0 saturated heterocycles. The lowest BCUT2D eigenvalue weighted by Gasteiger charge is -2.10. The Morgan fingerprint density at radius 2 is 2.00 bits per heavy atom. The van der Waals surface area contributed by atoms with E-state index < -0.39 is 18.0 Å². The van der Waals surface area contributed by atoms with Crippen LogP contribution in [0.15, 0.2) is 0 Å².